The summed E-state index contributed by atoms with van der Waals surface area (Å²) in [5, 5.41) is 0. The van der Waals surface area contributed by atoms with Gasteiger partial charge in [-0.3, -0.25) is 0 Å². The van der Waals surface area contributed by atoms with Crippen molar-refractivity contribution < 1.29 is 4.39 Å². The maximum atomic E-state index is 13.0. The van der Waals surface area contributed by atoms with Crippen LogP contribution in [0.2, 0.25) is 0 Å². The van der Waals surface area contributed by atoms with Gasteiger partial charge in [0.25, 0.3) is 0 Å². The van der Waals surface area contributed by atoms with E-state index < -0.39 is 5.82 Å². The monoisotopic (exact) mass is 197 g/mol. The second-order valence-corrected chi connectivity index (χ2v) is 3.58. The zero-order chi connectivity index (χ0) is 10.6. The van der Waals surface area contributed by atoms with Crippen molar-refractivity contribution in [2.24, 2.45) is 5.73 Å². The molecule has 0 saturated carbocycles. The summed E-state index contributed by atoms with van der Waals surface area (Å²) in [5.41, 5.74) is 11.7. The van der Waals surface area contributed by atoms with Crippen molar-refractivity contribution >= 4 is 5.82 Å². The van der Waals surface area contributed by atoms with E-state index in [-0.39, 0.29) is 11.9 Å². The summed E-state index contributed by atoms with van der Waals surface area (Å²) in [4.78, 5) is 3.75. The Morgan fingerprint density at radius 3 is 2.86 bits per heavy atom. The molecular formula is C10H16FN3. The smallest absolute Gasteiger partial charge is 0.165 e. The van der Waals surface area contributed by atoms with Crippen molar-refractivity contribution in [2.45, 2.75) is 32.2 Å². The molecule has 0 unspecified atom stereocenters. The van der Waals surface area contributed by atoms with E-state index >= 15 is 0 Å². The molecule has 78 valence electrons. The minimum absolute atomic E-state index is 0.0408. The van der Waals surface area contributed by atoms with Gasteiger partial charge in [-0.15, -0.1) is 0 Å². The van der Waals surface area contributed by atoms with E-state index in [2.05, 4.69) is 4.98 Å². The van der Waals surface area contributed by atoms with Crippen LogP contribution in [-0.2, 0) is 6.42 Å². The van der Waals surface area contributed by atoms with Gasteiger partial charge in [-0.25, -0.2) is 9.37 Å². The molecular weight excluding hydrogens is 181 g/mol. The van der Waals surface area contributed by atoms with Crippen LogP contribution in [0.15, 0.2) is 12.3 Å². The van der Waals surface area contributed by atoms with E-state index in [0.717, 1.165) is 24.8 Å². The van der Waals surface area contributed by atoms with Crippen LogP contribution < -0.4 is 11.5 Å². The Bertz CT molecular complexity index is 299. The maximum Gasteiger partial charge on any atom is 0.165 e. The topological polar surface area (TPSA) is 64.9 Å². The van der Waals surface area contributed by atoms with Gasteiger partial charge in [0, 0.05) is 12.2 Å². The lowest BCUT2D eigenvalue weighted by Crippen LogP contribution is -2.14. The number of aryl methyl sites for hydroxylation is 1. The van der Waals surface area contributed by atoms with Gasteiger partial charge < -0.3 is 11.5 Å². The van der Waals surface area contributed by atoms with E-state index in [1.807, 2.05) is 6.92 Å². The molecule has 1 atom stereocenters. The molecule has 0 aliphatic rings. The van der Waals surface area contributed by atoms with Crippen molar-refractivity contribution in [1.29, 1.82) is 0 Å². The Kier molecular flexibility index (Phi) is 3.83. The summed E-state index contributed by atoms with van der Waals surface area (Å²) >= 11 is 0. The third-order valence-corrected chi connectivity index (χ3v) is 2.05. The van der Waals surface area contributed by atoms with Gasteiger partial charge in [0.05, 0.1) is 0 Å². The number of rotatable bonds is 4. The van der Waals surface area contributed by atoms with Gasteiger partial charge in [-0.1, -0.05) is 0 Å². The molecule has 0 aliphatic heterocycles. The minimum Gasteiger partial charge on any atom is -0.381 e. The molecule has 4 heteroatoms. The third kappa shape index (κ3) is 3.30. The molecule has 0 radical (unpaired) electrons. The highest BCUT2D eigenvalue weighted by atomic mass is 19.1. The first kappa shape index (κ1) is 10.9. The number of nitrogens with two attached hydrogens (primary N) is 2. The molecule has 0 aliphatic carbocycles. The van der Waals surface area contributed by atoms with Crippen molar-refractivity contribution in [3.05, 3.63) is 23.6 Å². The zero-order valence-corrected chi connectivity index (χ0v) is 8.33. The average Bonchev–Trinajstić information content (AvgIpc) is 2.10. The lowest BCUT2D eigenvalue weighted by molar-refractivity contribution is 0.609. The Hall–Kier alpha value is -1.16. The van der Waals surface area contributed by atoms with Gasteiger partial charge in [-0.2, -0.15) is 0 Å². The number of nitrogens with zero attached hydrogens (tertiary/aromatic N) is 1. The van der Waals surface area contributed by atoms with Crippen LogP contribution in [0.25, 0.3) is 0 Å². The van der Waals surface area contributed by atoms with Crippen LogP contribution in [-0.4, -0.2) is 11.0 Å². The summed E-state index contributed by atoms with van der Waals surface area (Å²) in [6.45, 7) is 1.96. The molecule has 1 rings (SSSR count). The van der Waals surface area contributed by atoms with E-state index in [4.69, 9.17) is 11.5 Å². The fourth-order valence-electron chi connectivity index (χ4n) is 1.25. The molecule has 4 N–H and O–H groups in total. The molecule has 0 amide bonds. The fourth-order valence-corrected chi connectivity index (χ4v) is 1.25. The van der Waals surface area contributed by atoms with Crippen molar-refractivity contribution in [2.75, 3.05) is 5.73 Å². The summed E-state index contributed by atoms with van der Waals surface area (Å²) in [5.74, 6) is -0.482. The molecule has 3 nitrogen and oxygen atoms in total. The predicted molar refractivity (Wildman–Crippen MR) is 55.2 cm³/mol. The average molecular weight is 197 g/mol. The number of aromatic nitrogens is 1. The Labute approximate surface area is 83.3 Å². The molecule has 0 aromatic carbocycles. The molecule has 14 heavy (non-hydrogen) atoms. The number of pyridine rings is 1. The number of anilines is 1. The second kappa shape index (κ2) is 4.91. The van der Waals surface area contributed by atoms with E-state index in [1.165, 1.54) is 6.07 Å². The maximum absolute atomic E-state index is 13.0. The molecule has 1 heterocycles. The lowest BCUT2D eigenvalue weighted by Gasteiger charge is -2.05. The van der Waals surface area contributed by atoms with E-state index in [1.54, 1.807) is 6.20 Å². The van der Waals surface area contributed by atoms with Gasteiger partial charge in [0.2, 0.25) is 0 Å². The van der Waals surface area contributed by atoms with Gasteiger partial charge in [0.1, 0.15) is 0 Å². The van der Waals surface area contributed by atoms with Gasteiger partial charge in [0.15, 0.2) is 11.6 Å². The summed E-state index contributed by atoms with van der Waals surface area (Å²) < 4.78 is 13.0. The van der Waals surface area contributed by atoms with Crippen LogP contribution in [0.4, 0.5) is 10.2 Å². The Balaban J connectivity index is 2.47. The largest absolute Gasteiger partial charge is 0.381 e. The Morgan fingerprint density at radius 1 is 1.57 bits per heavy atom. The molecule has 1 aromatic heterocycles. The van der Waals surface area contributed by atoms with E-state index in [9.17, 15) is 4.39 Å². The predicted octanol–water partition coefficient (Wildman–Crippen LogP) is 1.47. The van der Waals surface area contributed by atoms with Crippen LogP contribution in [0, 0.1) is 5.82 Å². The van der Waals surface area contributed by atoms with Crippen LogP contribution in [0.5, 0.6) is 0 Å². The van der Waals surface area contributed by atoms with Crippen molar-refractivity contribution in [3.8, 4) is 0 Å². The molecule has 0 fully saturated rings. The highest BCUT2D eigenvalue weighted by molar-refractivity contribution is 5.31. The molecule has 1 aromatic rings. The van der Waals surface area contributed by atoms with Gasteiger partial charge in [-0.05, 0) is 37.8 Å². The van der Waals surface area contributed by atoms with Gasteiger partial charge >= 0.3 is 0 Å². The normalized spacial score (nSPS) is 12.8. The number of halogens is 1. The summed E-state index contributed by atoms with van der Waals surface area (Å²) in [6.07, 6.45) is 4.29. The first-order valence-corrected chi connectivity index (χ1v) is 4.75. The summed E-state index contributed by atoms with van der Waals surface area (Å²) in [6, 6.07) is 1.63. The van der Waals surface area contributed by atoms with Crippen molar-refractivity contribution in [3.63, 3.8) is 0 Å². The van der Waals surface area contributed by atoms with Crippen LogP contribution >= 0.6 is 0 Å². The SMILES string of the molecule is C[C@H](N)CCCc1cnc(N)c(F)c1. The number of hydrogen-bond acceptors (Lipinski definition) is 3. The molecule has 0 saturated heterocycles. The Morgan fingerprint density at radius 2 is 2.29 bits per heavy atom. The first-order valence-electron chi connectivity index (χ1n) is 4.75. The highest BCUT2D eigenvalue weighted by Gasteiger charge is 2.02. The fraction of sp³-hybridized carbons (Fsp3) is 0.500. The second-order valence-electron chi connectivity index (χ2n) is 3.58. The van der Waals surface area contributed by atoms with Crippen LogP contribution in [0.3, 0.4) is 0 Å². The summed E-state index contributed by atoms with van der Waals surface area (Å²) in [7, 11) is 0. The van der Waals surface area contributed by atoms with Crippen LogP contribution in [0.1, 0.15) is 25.3 Å². The third-order valence-electron chi connectivity index (χ3n) is 2.05. The zero-order valence-electron chi connectivity index (χ0n) is 8.33. The number of nitrogen functional groups attached to an aromatic ring is 1. The number of hydrogen-bond donors (Lipinski definition) is 2. The first-order chi connectivity index (χ1) is 6.59. The lowest BCUT2D eigenvalue weighted by atomic mass is 10.1. The standard InChI is InChI=1S/C10H16FN3/c1-7(12)3-2-4-8-5-9(11)10(13)14-6-8/h5-7H,2-4,12H2,1H3,(H2,13,14)/t7-/m0/s1. The molecule has 0 bridgehead atoms. The minimum atomic E-state index is -0.441. The van der Waals surface area contributed by atoms with Crippen molar-refractivity contribution in [1.82, 2.24) is 4.98 Å². The molecule has 0 spiro atoms. The quantitative estimate of drug-likeness (QED) is 0.768. The van der Waals surface area contributed by atoms with E-state index in [0.29, 0.717) is 0 Å². The highest BCUT2D eigenvalue weighted by Crippen LogP contribution is 2.11.